The van der Waals surface area contributed by atoms with Crippen LogP contribution in [0.2, 0.25) is 0 Å². The largest absolute Gasteiger partial charge is 0.468 e. The van der Waals surface area contributed by atoms with Crippen LogP contribution in [0.5, 0.6) is 5.88 Å². The minimum Gasteiger partial charge on any atom is -0.468 e. The summed E-state index contributed by atoms with van der Waals surface area (Å²) in [5, 5.41) is 5.01. The van der Waals surface area contributed by atoms with Crippen molar-refractivity contribution in [3.63, 3.8) is 0 Å². The van der Waals surface area contributed by atoms with Gasteiger partial charge < -0.3 is 10.1 Å². The molecular weight excluding hydrogens is 315 g/mol. The van der Waals surface area contributed by atoms with Crippen LogP contribution in [-0.2, 0) is 6.54 Å². The van der Waals surface area contributed by atoms with Gasteiger partial charge in [-0.1, -0.05) is 0 Å². The first kappa shape index (κ1) is 16.5. The molecule has 10 heteroatoms. The predicted molar refractivity (Wildman–Crippen MR) is 73.7 cm³/mol. The highest BCUT2D eigenvalue weighted by Gasteiger charge is 2.28. The van der Waals surface area contributed by atoms with Gasteiger partial charge in [-0.25, -0.2) is 19.7 Å². The van der Waals surface area contributed by atoms with Gasteiger partial charge in [0.25, 0.3) is 0 Å². The number of alkyl halides is 3. The fraction of sp³-hybridized carbons (Fsp3) is 0.231. The van der Waals surface area contributed by atoms with E-state index in [4.69, 9.17) is 0 Å². The highest BCUT2D eigenvalue weighted by atomic mass is 19.4. The maximum absolute atomic E-state index is 12.1. The molecule has 0 aliphatic rings. The van der Waals surface area contributed by atoms with Crippen molar-refractivity contribution in [1.82, 2.24) is 20.3 Å². The zero-order chi connectivity index (χ0) is 16.7. The first-order valence-electron chi connectivity index (χ1n) is 6.38. The van der Waals surface area contributed by atoms with Crippen molar-refractivity contribution in [3.8, 4) is 5.88 Å². The highest BCUT2D eigenvalue weighted by Crippen LogP contribution is 2.17. The van der Waals surface area contributed by atoms with Crippen molar-refractivity contribution in [1.29, 1.82) is 0 Å². The van der Waals surface area contributed by atoms with Gasteiger partial charge in [0.2, 0.25) is 5.88 Å². The first-order chi connectivity index (χ1) is 10.9. The van der Waals surface area contributed by atoms with Crippen LogP contribution in [0.25, 0.3) is 0 Å². The van der Waals surface area contributed by atoms with Gasteiger partial charge in [-0.3, -0.25) is 5.32 Å². The smallest absolute Gasteiger partial charge is 0.422 e. The monoisotopic (exact) mass is 327 g/mol. The number of halogens is 3. The molecular formula is C13H12F3N5O2. The van der Waals surface area contributed by atoms with E-state index in [0.717, 1.165) is 0 Å². The zero-order valence-corrected chi connectivity index (χ0v) is 11.7. The second-order valence-electron chi connectivity index (χ2n) is 4.31. The number of carbonyl (C=O) groups is 1. The summed E-state index contributed by atoms with van der Waals surface area (Å²) in [4.78, 5) is 22.8. The van der Waals surface area contributed by atoms with Gasteiger partial charge >= 0.3 is 12.2 Å². The summed E-state index contributed by atoms with van der Waals surface area (Å²) in [5.74, 6) is 0.152. The Balaban J connectivity index is 1.84. The lowest BCUT2D eigenvalue weighted by atomic mass is 10.2. The Bertz CT molecular complexity index is 652. The van der Waals surface area contributed by atoms with E-state index in [1.165, 1.54) is 30.9 Å². The lowest BCUT2D eigenvalue weighted by Gasteiger charge is -2.10. The van der Waals surface area contributed by atoms with E-state index in [-0.39, 0.29) is 12.4 Å². The van der Waals surface area contributed by atoms with Crippen molar-refractivity contribution in [3.05, 3.63) is 42.5 Å². The third-order valence-electron chi connectivity index (χ3n) is 2.46. The average molecular weight is 327 g/mol. The molecule has 0 fully saturated rings. The van der Waals surface area contributed by atoms with Gasteiger partial charge in [-0.05, 0) is 17.7 Å². The van der Waals surface area contributed by atoms with E-state index in [2.05, 4.69) is 30.3 Å². The summed E-state index contributed by atoms with van der Waals surface area (Å²) in [6.45, 7) is -1.34. The number of urea groups is 1. The molecule has 0 bridgehead atoms. The Hall–Kier alpha value is -2.91. The average Bonchev–Trinajstić information content (AvgIpc) is 2.52. The molecule has 7 nitrogen and oxygen atoms in total. The number of rotatable bonds is 5. The summed E-state index contributed by atoms with van der Waals surface area (Å²) < 4.78 is 40.8. The van der Waals surface area contributed by atoms with Crippen LogP contribution >= 0.6 is 0 Å². The fourth-order valence-electron chi connectivity index (χ4n) is 1.50. The summed E-state index contributed by atoms with van der Waals surface area (Å²) >= 11 is 0. The van der Waals surface area contributed by atoms with Gasteiger partial charge in [0.05, 0.1) is 0 Å². The van der Waals surface area contributed by atoms with E-state index in [1.54, 1.807) is 6.07 Å². The van der Waals surface area contributed by atoms with E-state index < -0.39 is 18.8 Å². The zero-order valence-electron chi connectivity index (χ0n) is 11.7. The van der Waals surface area contributed by atoms with Crippen LogP contribution in [-0.4, -0.2) is 33.8 Å². The minimum absolute atomic E-state index is 0.0851. The van der Waals surface area contributed by atoms with Crippen LogP contribution in [0.4, 0.5) is 23.8 Å². The lowest BCUT2D eigenvalue weighted by Crippen LogP contribution is -2.28. The number of nitrogens with one attached hydrogen (secondary N) is 2. The van der Waals surface area contributed by atoms with Gasteiger partial charge in [-0.15, -0.1) is 0 Å². The van der Waals surface area contributed by atoms with Gasteiger partial charge in [0.15, 0.2) is 6.61 Å². The number of ether oxygens (including phenoxy) is 1. The molecule has 0 radical (unpaired) electrons. The lowest BCUT2D eigenvalue weighted by molar-refractivity contribution is -0.154. The summed E-state index contributed by atoms with van der Waals surface area (Å²) in [6.07, 6.45) is -0.392. The Labute approximate surface area is 128 Å². The maximum atomic E-state index is 12.1. The molecule has 0 saturated heterocycles. The second-order valence-corrected chi connectivity index (χ2v) is 4.31. The molecule has 122 valence electrons. The summed E-state index contributed by atoms with van der Waals surface area (Å²) in [7, 11) is 0. The molecule has 0 aliphatic heterocycles. The molecule has 0 atom stereocenters. The van der Waals surface area contributed by atoms with E-state index >= 15 is 0 Å². The van der Waals surface area contributed by atoms with Gasteiger partial charge in [0, 0.05) is 25.0 Å². The number of carbonyl (C=O) groups excluding carboxylic acids is 1. The van der Waals surface area contributed by atoms with Crippen molar-refractivity contribution >= 4 is 11.8 Å². The molecule has 0 saturated carbocycles. The molecule has 23 heavy (non-hydrogen) atoms. The van der Waals surface area contributed by atoms with E-state index in [0.29, 0.717) is 11.4 Å². The third kappa shape index (κ3) is 6.16. The van der Waals surface area contributed by atoms with Crippen LogP contribution in [0.1, 0.15) is 5.56 Å². The maximum Gasteiger partial charge on any atom is 0.422 e. The van der Waals surface area contributed by atoms with Crippen molar-refractivity contribution in [2.45, 2.75) is 12.7 Å². The number of nitrogens with zero attached hydrogens (tertiary/aromatic N) is 3. The SMILES string of the molecule is O=C(NCc1ccnc(OCC(F)(F)F)c1)Nc1ccncn1. The molecule has 2 aromatic rings. The summed E-state index contributed by atoms with van der Waals surface area (Å²) in [5.41, 5.74) is 0.537. The number of pyridine rings is 1. The number of hydrogen-bond donors (Lipinski definition) is 2. The quantitative estimate of drug-likeness (QED) is 0.878. The normalized spacial score (nSPS) is 10.9. The molecule has 2 heterocycles. The van der Waals surface area contributed by atoms with E-state index in [9.17, 15) is 18.0 Å². The minimum atomic E-state index is -4.44. The van der Waals surface area contributed by atoms with Gasteiger partial charge in [-0.2, -0.15) is 13.2 Å². The third-order valence-corrected chi connectivity index (χ3v) is 2.46. The Kier molecular flexibility index (Phi) is 5.28. The highest BCUT2D eigenvalue weighted by molar-refractivity contribution is 5.87. The number of anilines is 1. The van der Waals surface area contributed by atoms with E-state index in [1.807, 2.05) is 0 Å². The Morgan fingerprint density at radius 2 is 2.04 bits per heavy atom. The van der Waals surface area contributed by atoms with Crippen molar-refractivity contribution < 1.29 is 22.7 Å². The molecule has 2 amide bonds. The number of hydrogen-bond acceptors (Lipinski definition) is 5. The van der Waals surface area contributed by atoms with Crippen LogP contribution < -0.4 is 15.4 Å². The molecule has 0 aliphatic carbocycles. The number of aromatic nitrogens is 3. The second kappa shape index (κ2) is 7.38. The number of amides is 2. The first-order valence-corrected chi connectivity index (χ1v) is 6.38. The Morgan fingerprint density at radius 1 is 1.22 bits per heavy atom. The molecule has 0 spiro atoms. The van der Waals surface area contributed by atoms with Gasteiger partial charge in [0.1, 0.15) is 12.1 Å². The van der Waals surface area contributed by atoms with Crippen LogP contribution in [0.3, 0.4) is 0 Å². The molecule has 2 aromatic heterocycles. The summed E-state index contributed by atoms with van der Waals surface area (Å²) in [6, 6.07) is 3.86. The Morgan fingerprint density at radius 3 is 2.74 bits per heavy atom. The van der Waals surface area contributed by atoms with Crippen LogP contribution in [0, 0.1) is 0 Å². The fourth-order valence-corrected chi connectivity index (χ4v) is 1.50. The van der Waals surface area contributed by atoms with Crippen LogP contribution in [0.15, 0.2) is 36.9 Å². The van der Waals surface area contributed by atoms with Crippen molar-refractivity contribution in [2.24, 2.45) is 0 Å². The molecule has 2 N–H and O–H groups in total. The topological polar surface area (TPSA) is 89.0 Å². The van der Waals surface area contributed by atoms with Crippen molar-refractivity contribution in [2.75, 3.05) is 11.9 Å². The predicted octanol–water partition coefficient (Wildman–Crippen LogP) is 2.13. The molecule has 0 aromatic carbocycles. The molecule has 0 unspecified atom stereocenters. The molecule has 2 rings (SSSR count). The standard InChI is InChI=1S/C13H12F3N5O2/c14-13(15,16)7-23-11-5-9(1-4-18-11)6-19-12(22)21-10-2-3-17-8-20-10/h1-5,8H,6-7H2,(H2,17,19,20,21,22).